The monoisotopic (exact) mass is 153 g/mol. The van der Waals surface area contributed by atoms with Crippen molar-refractivity contribution < 1.29 is 0 Å². The van der Waals surface area contributed by atoms with Gasteiger partial charge in [-0.1, -0.05) is 18.6 Å². The molecule has 0 aromatic heterocycles. The van der Waals surface area contributed by atoms with Crippen molar-refractivity contribution in [2.75, 3.05) is 13.1 Å². The molecule has 11 heavy (non-hydrogen) atoms. The van der Waals surface area contributed by atoms with Crippen LogP contribution in [-0.2, 0) is 0 Å². The zero-order valence-electron chi connectivity index (χ0n) is 7.71. The molecular formula is C10H19N. The third-order valence-electron chi connectivity index (χ3n) is 2.44. The molecule has 1 fully saturated rings. The number of rotatable bonds is 2. The second-order valence-corrected chi connectivity index (χ2v) is 3.36. The van der Waals surface area contributed by atoms with E-state index < -0.39 is 0 Å². The number of hydrogen-bond donors (Lipinski definition) is 0. The molecule has 0 amide bonds. The fourth-order valence-corrected chi connectivity index (χ4v) is 1.73. The fraction of sp³-hybridized carbons (Fsp3) is 0.800. The number of likely N-dealkylation sites (tertiary alicyclic amines) is 1. The lowest BCUT2D eigenvalue weighted by molar-refractivity contribution is 0.201. The van der Waals surface area contributed by atoms with E-state index in [9.17, 15) is 0 Å². The molecule has 1 heterocycles. The molecule has 0 aliphatic carbocycles. The summed E-state index contributed by atoms with van der Waals surface area (Å²) in [5.41, 5.74) is 0. The van der Waals surface area contributed by atoms with Gasteiger partial charge in [-0.15, -0.1) is 0 Å². The lowest BCUT2D eigenvalue weighted by atomic mass is 10.1. The van der Waals surface area contributed by atoms with Crippen molar-refractivity contribution in [1.82, 2.24) is 4.90 Å². The summed E-state index contributed by atoms with van der Waals surface area (Å²) in [5.74, 6) is 0. The molecule has 1 unspecified atom stereocenters. The maximum Gasteiger partial charge on any atom is 0.0249 e. The van der Waals surface area contributed by atoms with Crippen LogP contribution in [0.15, 0.2) is 12.2 Å². The van der Waals surface area contributed by atoms with Crippen molar-refractivity contribution in [1.29, 1.82) is 0 Å². The Kier molecular flexibility index (Phi) is 3.64. The Morgan fingerprint density at radius 1 is 1.18 bits per heavy atom. The highest BCUT2D eigenvalue weighted by molar-refractivity contribution is 4.90. The second-order valence-electron chi connectivity index (χ2n) is 3.36. The lowest BCUT2D eigenvalue weighted by Crippen LogP contribution is -2.36. The summed E-state index contributed by atoms with van der Waals surface area (Å²) in [7, 11) is 0. The smallest absolute Gasteiger partial charge is 0.0249 e. The molecule has 1 saturated heterocycles. The third kappa shape index (κ3) is 2.66. The molecule has 0 aromatic carbocycles. The fourth-order valence-electron chi connectivity index (χ4n) is 1.73. The molecular weight excluding hydrogens is 134 g/mol. The first-order chi connectivity index (χ1) is 5.34. The van der Waals surface area contributed by atoms with Crippen molar-refractivity contribution in [3.63, 3.8) is 0 Å². The van der Waals surface area contributed by atoms with Crippen molar-refractivity contribution in [2.24, 2.45) is 0 Å². The number of nitrogens with zero attached hydrogens (tertiary/aromatic N) is 1. The Bertz CT molecular complexity index is 123. The van der Waals surface area contributed by atoms with E-state index in [0.717, 1.165) is 0 Å². The second kappa shape index (κ2) is 4.55. The summed E-state index contributed by atoms with van der Waals surface area (Å²) >= 11 is 0. The van der Waals surface area contributed by atoms with Crippen molar-refractivity contribution >= 4 is 0 Å². The van der Waals surface area contributed by atoms with E-state index in [-0.39, 0.29) is 0 Å². The van der Waals surface area contributed by atoms with E-state index in [0.29, 0.717) is 6.04 Å². The highest BCUT2D eigenvalue weighted by Crippen LogP contribution is 2.12. The quantitative estimate of drug-likeness (QED) is 0.551. The minimum Gasteiger partial charge on any atom is -0.297 e. The average Bonchev–Trinajstić information content (AvgIpc) is 2.07. The predicted octanol–water partition coefficient (Wildman–Crippen LogP) is 2.44. The van der Waals surface area contributed by atoms with Gasteiger partial charge in [0.1, 0.15) is 0 Å². The Morgan fingerprint density at radius 2 is 1.82 bits per heavy atom. The van der Waals surface area contributed by atoms with Gasteiger partial charge in [0.2, 0.25) is 0 Å². The van der Waals surface area contributed by atoms with Gasteiger partial charge >= 0.3 is 0 Å². The predicted molar refractivity (Wildman–Crippen MR) is 49.7 cm³/mol. The molecule has 1 aliphatic heterocycles. The van der Waals surface area contributed by atoms with Crippen molar-refractivity contribution in [3.8, 4) is 0 Å². The maximum atomic E-state index is 2.56. The number of allylic oxidation sites excluding steroid dienone is 1. The zero-order valence-corrected chi connectivity index (χ0v) is 7.71. The van der Waals surface area contributed by atoms with Gasteiger partial charge in [-0.2, -0.15) is 0 Å². The Labute approximate surface area is 70.1 Å². The van der Waals surface area contributed by atoms with Crippen LogP contribution in [0.4, 0.5) is 0 Å². The standard InChI is InChI=1S/C10H19N/c1-3-7-10(2)11-8-5-4-6-9-11/h3,7,10H,4-6,8-9H2,1-2H3/b7-3-. The van der Waals surface area contributed by atoms with E-state index in [4.69, 9.17) is 0 Å². The van der Waals surface area contributed by atoms with Gasteiger partial charge in [-0.25, -0.2) is 0 Å². The Hall–Kier alpha value is -0.300. The molecule has 0 N–H and O–H groups in total. The highest BCUT2D eigenvalue weighted by Gasteiger charge is 2.13. The number of hydrogen-bond acceptors (Lipinski definition) is 1. The van der Waals surface area contributed by atoms with E-state index in [2.05, 4.69) is 30.9 Å². The molecule has 1 aliphatic rings. The first-order valence-electron chi connectivity index (χ1n) is 4.71. The SMILES string of the molecule is C/C=C\C(C)N1CCCCC1. The van der Waals surface area contributed by atoms with E-state index in [1.54, 1.807) is 0 Å². The molecule has 1 nitrogen and oxygen atoms in total. The van der Waals surface area contributed by atoms with Crippen LogP contribution < -0.4 is 0 Å². The number of piperidine rings is 1. The highest BCUT2D eigenvalue weighted by atomic mass is 15.1. The average molecular weight is 153 g/mol. The van der Waals surface area contributed by atoms with Crippen LogP contribution in [-0.4, -0.2) is 24.0 Å². The van der Waals surface area contributed by atoms with Gasteiger partial charge in [0, 0.05) is 6.04 Å². The summed E-state index contributed by atoms with van der Waals surface area (Å²) in [6, 6.07) is 0.653. The molecule has 1 rings (SSSR count). The van der Waals surface area contributed by atoms with Gasteiger partial charge in [0.05, 0.1) is 0 Å². The molecule has 64 valence electrons. The van der Waals surface area contributed by atoms with Gasteiger partial charge in [0.25, 0.3) is 0 Å². The molecule has 0 bridgehead atoms. The summed E-state index contributed by atoms with van der Waals surface area (Å²) in [6.07, 6.45) is 8.65. The van der Waals surface area contributed by atoms with Crippen LogP contribution in [0.5, 0.6) is 0 Å². The first kappa shape index (κ1) is 8.79. The molecule has 1 atom stereocenters. The van der Waals surface area contributed by atoms with E-state index >= 15 is 0 Å². The maximum absolute atomic E-state index is 2.56. The third-order valence-corrected chi connectivity index (χ3v) is 2.44. The molecule has 0 saturated carbocycles. The zero-order chi connectivity index (χ0) is 8.10. The Morgan fingerprint density at radius 3 is 2.36 bits per heavy atom. The molecule has 0 radical (unpaired) electrons. The summed E-state index contributed by atoms with van der Waals surface area (Å²) in [6.45, 7) is 6.97. The van der Waals surface area contributed by atoms with Crippen molar-refractivity contribution in [3.05, 3.63) is 12.2 Å². The van der Waals surface area contributed by atoms with Crippen LogP contribution in [0.25, 0.3) is 0 Å². The van der Waals surface area contributed by atoms with Crippen LogP contribution in [0.1, 0.15) is 33.1 Å². The van der Waals surface area contributed by atoms with Crippen LogP contribution >= 0.6 is 0 Å². The van der Waals surface area contributed by atoms with E-state index in [1.807, 2.05) is 0 Å². The van der Waals surface area contributed by atoms with Gasteiger partial charge in [0.15, 0.2) is 0 Å². The van der Waals surface area contributed by atoms with Gasteiger partial charge in [-0.3, -0.25) is 4.90 Å². The normalized spacial score (nSPS) is 24.2. The van der Waals surface area contributed by atoms with Gasteiger partial charge in [-0.05, 0) is 39.8 Å². The van der Waals surface area contributed by atoms with Gasteiger partial charge < -0.3 is 0 Å². The minimum absolute atomic E-state index is 0.653. The molecule has 1 heteroatoms. The largest absolute Gasteiger partial charge is 0.297 e. The summed E-state index contributed by atoms with van der Waals surface area (Å²) in [4.78, 5) is 2.56. The minimum atomic E-state index is 0.653. The van der Waals surface area contributed by atoms with Crippen LogP contribution in [0, 0.1) is 0 Å². The first-order valence-corrected chi connectivity index (χ1v) is 4.71. The molecule has 0 aromatic rings. The summed E-state index contributed by atoms with van der Waals surface area (Å²) < 4.78 is 0. The van der Waals surface area contributed by atoms with E-state index in [1.165, 1.54) is 32.4 Å². The Balaban J connectivity index is 2.32. The molecule has 0 spiro atoms. The summed E-state index contributed by atoms with van der Waals surface area (Å²) in [5, 5.41) is 0. The van der Waals surface area contributed by atoms with Crippen molar-refractivity contribution in [2.45, 2.75) is 39.2 Å². The lowest BCUT2D eigenvalue weighted by Gasteiger charge is -2.30. The van der Waals surface area contributed by atoms with Crippen LogP contribution in [0.3, 0.4) is 0 Å². The van der Waals surface area contributed by atoms with Crippen LogP contribution in [0.2, 0.25) is 0 Å². The topological polar surface area (TPSA) is 3.24 Å².